The maximum Gasteiger partial charge on any atom is 0.251 e. The maximum absolute atomic E-state index is 14.0. The van der Waals surface area contributed by atoms with Gasteiger partial charge in [-0.05, 0) is 36.3 Å². The van der Waals surface area contributed by atoms with Crippen molar-refractivity contribution in [3.63, 3.8) is 0 Å². The van der Waals surface area contributed by atoms with E-state index in [1.807, 2.05) is 12.1 Å². The Kier molecular flexibility index (Phi) is 7.29. The lowest BCUT2D eigenvalue weighted by Crippen LogP contribution is -2.38. The first-order valence-corrected chi connectivity index (χ1v) is 11.0. The molecular formula is C24H26ClFN2O4. The van der Waals surface area contributed by atoms with Crippen LogP contribution in [0.2, 0.25) is 5.02 Å². The van der Waals surface area contributed by atoms with Crippen LogP contribution in [0, 0.1) is 5.82 Å². The summed E-state index contributed by atoms with van der Waals surface area (Å²) in [6, 6.07) is 8.20. The quantitative estimate of drug-likeness (QED) is 0.588. The van der Waals surface area contributed by atoms with Crippen molar-refractivity contribution in [2.24, 2.45) is 0 Å². The van der Waals surface area contributed by atoms with E-state index >= 15 is 0 Å². The van der Waals surface area contributed by atoms with Gasteiger partial charge in [0.15, 0.2) is 11.5 Å². The molecule has 0 atom stereocenters. The zero-order valence-corrected chi connectivity index (χ0v) is 18.7. The Labute approximate surface area is 192 Å². The van der Waals surface area contributed by atoms with Crippen LogP contribution in [0.3, 0.4) is 0 Å². The summed E-state index contributed by atoms with van der Waals surface area (Å²) in [5.74, 6) is 0.533. The van der Waals surface area contributed by atoms with E-state index in [2.05, 4.69) is 4.90 Å². The van der Waals surface area contributed by atoms with E-state index < -0.39 is 5.82 Å². The first-order chi connectivity index (χ1) is 15.6. The van der Waals surface area contributed by atoms with Crippen molar-refractivity contribution in [2.45, 2.75) is 6.42 Å². The second kappa shape index (κ2) is 10.3. The number of fused-ring (bicyclic) bond motifs is 1. The van der Waals surface area contributed by atoms with E-state index in [1.54, 1.807) is 18.1 Å². The van der Waals surface area contributed by atoms with Crippen LogP contribution in [0.25, 0.3) is 6.08 Å². The zero-order valence-electron chi connectivity index (χ0n) is 18.0. The van der Waals surface area contributed by atoms with Gasteiger partial charge in [-0.15, -0.1) is 0 Å². The van der Waals surface area contributed by atoms with Gasteiger partial charge in [0.25, 0.3) is 5.91 Å². The molecule has 1 saturated heterocycles. The van der Waals surface area contributed by atoms with E-state index in [0.29, 0.717) is 31.1 Å². The monoisotopic (exact) mass is 460 g/mol. The van der Waals surface area contributed by atoms with Crippen LogP contribution in [0.4, 0.5) is 10.1 Å². The number of halogens is 2. The molecule has 4 rings (SSSR count). The number of anilines is 1. The van der Waals surface area contributed by atoms with Gasteiger partial charge in [-0.2, -0.15) is 0 Å². The molecule has 0 aromatic heterocycles. The van der Waals surface area contributed by atoms with Crippen LogP contribution in [-0.4, -0.2) is 63.9 Å². The summed E-state index contributed by atoms with van der Waals surface area (Å²) >= 11 is 6.06. The number of methoxy groups -OCH3 is 1. The van der Waals surface area contributed by atoms with E-state index in [9.17, 15) is 9.18 Å². The van der Waals surface area contributed by atoms with Crippen molar-refractivity contribution in [3.8, 4) is 11.5 Å². The molecule has 32 heavy (non-hydrogen) atoms. The summed E-state index contributed by atoms with van der Waals surface area (Å²) < 4.78 is 30.9. The predicted molar refractivity (Wildman–Crippen MR) is 122 cm³/mol. The first-order valence-electron chi connectivity index (χ1n) is 10.6. The van der Waals surface area contributed by atoms with Gasteiger partial charge in [0.05, 0.1) is 31.0 Å². The molecule has 6 nitrogen and oxygen atoms in total. The molecule has 0 saturated carbocycles. The second-order valence-electron chi connectivity index (χ2n) is 7.64. The Bertz CT molecular complexity index is 987. The van der Waals surface area contributed by atoms with Gasteiger partial charge in [0, 0.05) is 43.9 Å². The van der Waals surface area contributed by atoms with Crippen LogP contribution >= 0.6 is 11.6 Å². The number of carbonyl (C=O) groups is 1. The van der Waals surface area contributed by atoms with Crippen LogP contribution in [0.1, 0.15) is 11.1 Å². The lowest BCUT2D eigenvalue weighted by atomic mass is 10.1. The van der Waals surface area contributed by atoms with Crippen molar-refractivity contribution in [2.75, 3.05) is 58.0 Å². The summed E-state index contributed by atoms with van der Waals surface area (Å²) in [6.07, 6.45) is 3.48. The van der Waals surface area contributed by atoms with E-state index in [4.69, 9.17) is 25.8 Å². The Hall–Kier alpha value is -2.61. The summed E-state index contributed by atoms with van der Waals surface area (Å²) in [5.41, 5.74) is 1.98. The highest BCUT2D eigenvalue weighted by Gasteiger charge is 2.26. The largest absolute Gasteiger partial charge is 0.493 e. The molecule has 2 aromatic carbocycles. The number of hydrogen-bond acceptors (Lipinski definition) is 5. The molecule has 2 aliphatic rings. The average molecular weight is 461 g/mol. The topological polar surface area (TPSA) is 51.2 Å². The SMILES string of the molecule is COc1cc2c(cc1OCCN1CCOCC1)N(C(=O)/C=C/c1c(F)cccc1Cl)CC2. The van der Waals surface area contributed by atoms with Crippen LogP contribution in [0.15, 0.2) is 36.4 Å². The molecule has 1 fully saturated rings. The van der Waals surface area contributed by atoms with Gasteiger partial charge < -0.3 is 19.1 Å². The molecule has 0 radical (unpaired) electrons. The Balaban J connectivity index is 1.47. The summed E-state index contributed by atoms with van der Waals surface area (Å²) in [4.78, 5) is 16.8. The molecule has 0 unspecified atom stereocenters. The molecular weight excluding hydrogens is 435 g/mol. The molecule has 8 heteroatoms. The molecule has 0 N–H and O–H groups in total. The number of ether oxygens (including phenoxy) is 3. The molecule has 0 aliphatic carbocycles. The minimum Gasteiger partial charge on any atom is -0.493 e. The number of hydrogen-bond donors (Lipinski definition) is 0. The lowest BCUT2D eigenvalue weighted by Gasteiger charge is -2.26. The van der Waals surface area contributed by atoms with E-state index in [1.165, 1.54) is 24.3 Å². The van der Waals surface area contributed by atoms with Crippen molar-refractivity contribution >= 4 is 29.3 Å². The standard InChI is InChI=1S/C24H26ClFN2O4/c1-30-22-15-17-7-8-28(24(29)6-5-18-19(25)3-2-4-20(18)26)21(17)16-23(22)32-14-11-27-9-12-31-13-10-27/h2-6,15-16H,7-14H2,1H3/b6-5+. The molecule has 2 heterocycles. The van der Waals surface area contributed by atoms with Gasteiger partial charge >= 0.3 is 0 Å². The molecule has 2 aromatic rings. The molecule has 170 valence electrons. The van der Waals surface area contributed by atoms with Gasteiger partial charge in [-0.3, -0.25) is 9.69 Å². The lowest BCUT2D eigenvalue weighted by molar-refractivity contribution is -0.114. The normalized spacial score (nSPS) is 16.4. The average Bonchev–Trinajstić information content (AvgIpc) is 3.21. The van der Waals surface area contributed by atoms with Gasteiger partial charge in [-0.25, -0.2) is 4.39 Å². The number of benzene rings is 2. The van der Waals surface area contributed by atoms with Crippen LogP contribution in [0.5, 0.6) is 11.5 Å². The molecule has 2 aliphatic heterocycles. The third kappa shape index (κ3) is 5.06. The van der Waals surface area contributed by atoms with Crippen LogP contribution in [-0.2, 0) is 16.0 Å². The second-order valence-corrected chi connectivity index (χ2v) is 8.05. The number of amides is 1. The molecule has 0 spiro atoms. The third-order valence-corrected chi connectivity index (χ3v) is 6.02. The smallest absolute Gasteiger partial charge is 0.251 e. The number of carbonyl (C=O) groups excluding carboxylic acids is 1. The van der Waals surface area contributed by atoms with Crippen molar-refractivity contribution in [3.05, 3.63) is 58.4 Å². The van der Waals surface area contributed by atoms with Crippen LogP contribution < -0.4 is 14.4 Å². The first kappa shape index (κ1) is 22.6. The summed E-state index contributed by atoms with van der Waals surface area (Å²) in [7, 11) is 1.61. The number of nitrogens with zero attached hydrogens (tertiary/aromatic N) is 2. The Morgan fingerprint density at radius 3 is 2.78 bits per heavy atom. The van der Waals surface area contributed by atoms with Gasteiger partial charge in [0.1, 0.15) is 12.4 Å². The number of morpholine rings is 1. The number of rotatable bonds is 7. The minimum atomic E-state index is -0.468. The summed E-state index contributed by atoms with van der Waals surface area (Å²) in [6.45, 7) is 5.10. The highest BCUT2D eigenvalue weighted by Crippen LogP contribution is 2.39. The molecule has 0 bridgehead atoms. The third-order valence-electron chi connectivity index (χ3n) is 5.69. The zero-order chi connectivity index (χ0) is 22.5. The van der Waals surface area contributed by atoms with Gasteiger partial charge in [0.2, 0.25) is 0 Å². The van der Waals surface area contributed by atoms with Crippen molar-refractivity contribution < 1.29 is 23.4 Å². The highest BCUT2D eigenvalue weighted by atomic mass is 35.5. The van der Waals surface area contributed by atoms with E-state index in [0.717, 1.165) is 44.1 Å². The van der Waals surface area contributed by atoms with Crippen molar-refractivity contribution in [1.29, 1.82) is 0 Å². The Morgan fingerprint density at radius 2 is 2.03 bits per heavy atom. The highest BCUT2D eigenvalue weighted by molar-refractivity contribution is 6.32. The fourth-order valence-electron chi connectivity index (χ4n) is 3.92. The fourth-order valence-corrected chi connectivity index (χ4v) is 4.15. The molecule has 1 amide bonds. The van der Waals surface area contributed by atoms with Gasteiger partial charge in [-0.1, -0.05) is 17.7 Å². The fraction of sp³-hybridized carbons (Fsp3) is 0.375. The Morgan fingerprint density at radius 1 is 1.22 bits per heavy atom. The minimum absolute atomic E-state index is 0.198. The predicted octanol–water partition coefficient (Wildman–Crippen LogP) is 3.80. The summed E-state index contributed by atoms with van der Waals surface area (Å²) in [5, 5.41) is 0.261. The maximum atomic E-state index is 14.0. The van der Waals surface area contributed by atoms with E-state index in [-0.39, 0.29) is 16.5 Å². The van der Waals surface area contributed by atoms with Crippen molar-refractivity contribution in [1.82, 2.24) is 4.90 Å².